The normalized spacial score (nSPS) is 22.9. The summed E-state index contributed by atoms with van der Waals surface area (Å²) < 4.78 is 25.4. The summed E-state index contributed by atoms with van der Waals surface area (Å²) in [5, 5.41) is 18.0. The summed E-state index contributed by atoms with van der Waals surface area (Å²) in [4.78, 5) is 42.9. The highest BCUT2D eigenvalue weighted by Crippen LogP contribution is 2.27. The van der Waals surface area contributed by atoms with Gasteiger partial charge in [0.15, 0.2) is 0 Å². The van der Waals surface area contributed by atoms with E-state index in [-0.39, 0.29) is 43.4 Å². The summed E-state index contributed by atoms with van der Waals surface area (Å²) in [7, 11) is -3.24. The van der Waals surface area contributed by atoms with E-state index in [1.54, 1.807) is 4.90 Å². The van der Waals surface area contributed by atoms with E-state index in [4.69, 9.17) is 0 Å². The molecule has 3 fully saturated rings. The molecule has 1 aromatic rings. The number of carboxylic acid groups (broad SMARTS) is 1. The number of piperidine rings is 1. The lowest BCUT2D eigenvalue weighted by atomic mass is 9.88. The lowest BCUT2D eigenvalue weighted by molar-refractivity contribution is -0.145. The number of rotatable bonds is 9. The standard InChI is InChI=1S/C26H41N5O6S2/c1-39(36,37)30-11-9-19(10-12-30)16-22(28-20-6-3-2-4-7-20)25(33)31-14-13-29(26(34)35)18-23(31)24(32)27-17-21-8-5-15-38-21/h5,8,15,19-20,22-23,28H,2-4,6-7,9-14,16-18H2,1H3,(H,27,32)(H,34,35)/t22?,23-/m0/s1. The van der Waals surface area contributed by atoms with Gasteiger partial charge in [-0.1, -0.05) is 25.3 Å². The smallest absolute Gasteiger partial charge is 0.407 e. The molecule has 2 atom stereocenters. The number of hydrogen-bond acceptors (Lipinski definition) is 7. The Morgan fingerprint density at radius 3 is 2.41 bits per heavy atom. The SMILES string of the molecule is CS(=O)(=O)N1CCC(CC(NC2CCCCC2)C(=O)N2CCN(C(=O)O)C[C@H]2C(=O)NCc2cccs2)CC1. The van der Waals surface area contributed by atoms with Gasteiger partial charge in [-0.2, -0.15) is 0 Å². The summed E-state index contributed by atoms with van der Waals surface area (Å²) in [6, 6.07) is 2.61. The summed E-state index contributed by atoms with van der Waals surface area (Å²) in [6.07, 6.45) is 7.44. The van der Waals surface area contributed by atoms with Gasteiger partial charge < -0.3 is 25.5 Å². The van der Waals surface area contributed by atoms with Crippen molar-refractivity contribution in [3.8, 4) is 0 Å². The van der Waals surface area contributed by atoms with Crippen LogP contribution in [0.15, 0.2) is 17.5 Å². The molecule has 1 saturated carbocycles. The molecular weight excluding hydrogens is 542 g/mol. The van der Waals surface area contributed by atoms with Crippen molar-refractivity contribution in [1.29, 1.82) is 0 Å². The molecule has 0 aromatic carbocycles. The van der Waals surface area contributed by atoms with Gasteiger partial charge in [-0.05, 0) is 49.5 Å². The van der Waals surface area contributed by atoms with Gasteiger partial charge in [0.2, 0.25) is 21.8 Å². The Hall–Kier alpha value is -2.22. The molecule has 3 aliphatic rings. The molecule has 0 spiro atoms. The van der Waals surface area contributed by atoms with Gasteiger partial charge in [-0.3, -0.25) is 9.59 Å². The van der Waals surface area contributed by atoms with Crippen molar-refractivity contribution in [2.75, 3.05) is 39.0 Å². The number of carbonyl (C=O) groups is 3. The van der Waals surface area contributed by atoms with Crippen LogP contribution in [0.5, 0.6) is 0 Å². The average molecular weight is 584 g/mol. The first-order valence-electron chi connectivity index (χ1n) is 13.9. The number of thiophene rings is 1. The quantitative estimate of drug-likeness (QED) is 0.404. The largest absolute Gasteiger partial charge is 0.465 e. The van der Waals surface area contributed by atoms with Crippen LogP contribution in [-0.2, 0) is 26.2 Å². The van der Waals surface area contributed by atoms with Crippen LogP contribution in [0.25, 0.3) is 0 Å². The molecule has 2 aliphatic heterocycles. The van der Waals surface area contributed by atoms with E-state index in [0.29, 0.717) is 38.9 Å². The van der Waals surface area contributed by atoms with Crippen molar-refractivity contribution in [2.45, 2.75) is 76.0 Å². The van der Waals surface area contributed by atoms with Crippen molar-refractivity contribution >= 4 is 39.3 Å². The van der Waals surface area contributed by atoms with Crippen LogP contribution >= 0.6 is 11.3 Å². The highest BCUT2D eigenvalue weighted by molar-refractivity contribution is 7.88. The molecule has 0 bridgehead atoms. The lowest BCUT2D eigenvalue weighted by Gasteiger charge is -2.42. The maximum absolute atomic E-state index is 14.1. The minimum absolute atomic E-state index is 0.0692. The van der Waals surface area contributed by atoms with Gasteiger partial charge in [0.25, 0.3) is 0 Å². The topological polar surface area (TPSA) is 139 Å². The Balaban J connectivity index is 1.48. The number of nitrogens with zero attached hydrogens (tertiary/aromatic N) is 3. The minimum Gasteiger partial charge on any atom is -0.465 e. The molecule has 39 heavy (non-hydrogen) atoms. The zero-order valence-electron chi connectivity index (χ0n) is 22.6. The number of sulfonamides is 1. The van der Waals surface area contributed by atoms with E-state index in [2.05, 4.69) is 10.6 Å². The molecule has 3 amide bonds. The third-order valence-electron chi connectivity index (χ3n) is 8.21. The van der Waals surface area contributed by atoms with Crippen molar-refractivity contribution in [1.82, 2.24) is 24.7 Å². The molecule has 11 nitrogen and oxygen atoms in total. The number of piperazine rings is 1. The molecule has 218 valence electrons. The molecule has 13 heteroatoms. The summed E-state index contributed by atoms with van der Waals surface area (Å²) in [5.41, 5.74) is 0. The number of hydrogen-bond donors (Lipinski definition) is 3. The summed E-state index contributed by atoms with van der Waals surface area (Å²) in [5.74, 6) is -0.354. The van der Waals surface area contributed by atoms with Crippen LogP contribution in [0.4, 0.5) is 4.79 Å². The highest BCUT2D eigenvalue weighted by Gasteiger charge is 2.40. The van der Waals surface area contributed by atoms with E-state index < -0.39 is 28.2 Å². The van der Waals surface area contributed by atoms with E-state index in [1.165, 1.54) is 33.2 Å². The van der Waals surface area contributed by atoms with Gasteiger partial charge in [0, 0.05) is 37.1 Å². The lowest BCUT2D eigenvalue weighted by Crippen LogP contribution is -2.64. The van der Waals surface area contributed by atoms with Crippen LogP contribution in [0.2, 0.25) is 0 Å². The maximum atomic E-state index is 14.1. The second-order valence-corrected chi connectivity index (χ2v) is 14.0. The fourth-order valence-electron chi connectivity index (χ4n) is 5.95. The third kappa shape index (κ3) is 8.15. The van der Waals surface area contributed by atoms with Crippen molar-refractivity contribution in [2.24, 2.45) is 5.92 Å². The first-order chi connectivity index (χ1) is 18.6. The van der Waals surface area contributed by atoms with E-state index in [9.17, 15) is 27.9 Å². The first-order valence-corrected chi connectivity index (χ1v) is 16.6. The third-order valence-corrected chi connectivity index (χ3v) is 10.4. The highest BCUT2D eigenvalue weighted by atomic mass is 32.2. The number of carbonyl (C=O) groups excluding carboxylic acids is 2. The van der Waals surface area contributed by atoms with Gasteiger partial charge in [0.1, 0.15) is 6.04 Å². The fourth-order valence-corrected chi connectivity index (χ4v) is 7.47. The molecule has 3 N–H and O–H groups in total. The van der Waals surface area contributed by atoms with Crippen LogP contribution in [0.1, 0.15) is 56.2 Å². The predicted octanol–water partition coefficient (Wildman–Crippen LogP) is 1.91. The monoisotopic (exact) mass is 583 g/mol. The van der Waals surface area contributed by atoms with Gasteiger partial charge in [-0.25, -0.2) is 17.5 Å². The molecule has 1 unspecified atom stereocenters. The van der Waals surface area contributed by atoms with Crippen LogP contribution in [0.3, 0.4) is 0 Å². The maximum Gasteiger partial charge on any atom is 0.407 e. The van der Waals surface area contributed by atoms with Crippen molar-refractivity contribution in [3.05, 3.63) is 22.4 Å². The van der Waals surface area contributed by atoms with Gasteiger partial charge in [-0.15, -0.1) is 11.3 Å². The molecule has 4 rings (SSSR count). The molecule has 2 saturated heterocycles. The Morgan fingerprint density at radius 2 is 1.79 bits per heavy atom. The predicted molar refractivity (Wildman–Crippen MR) is 149 cm³/mol. The Morgan fingerprint density at radius 1 is 1.08 bits per heavy atom. The van der Waals surface area contributed by atoms with Crippen molar-refractivity contribution < 1.29 is 27.9 Å². The zero-order chi connectivity index (χ0) is 28.0. The van der Waals surface area contributed by atoms with E-state index >= 15 is 0 Å². The fraction of sp³-hybridized carbons (Fsp3) is 0.731. The molecule has 3 heterocycles. The van der Waals surface area contributed by atoms with Crippen LogP contribution < -0.4 is 10.6 Å². The van der Waals surface area contributed by atoms with Gasteiger partial charge >= 0.3 is 6.09 Å². The van der Waals surface area contributed by atoms with Crippen LogP contribution in [0, 0.1) is 5.92 Å². The number of amides is 3. The van der Waals surface area contributed by atoms with Crippen molar-refractivity contribution in [3.63, 3.8) is 0 Å². The Bertz CT molecular complexity index is 1080. The molecule has 0 radical (unpaired) electrons. The Kier molecular flexibility index (Phi) is 10.2. The first kappa shape index (κ1) is 29.8. The molecular formula is C26H41N5O6S2. The Labute approximate surface area is 235 Å². The summed E-state index contributed by atoms with van der Waals surface area (Å²) in [6.45, 7) is 1.44. The number of nitrogens with one attached hydrogen (secondary N) is 2. The second kappa shape index (κ2) is 13.4. The minimum atomic E-state index is -3.24. The zero-order valence-corrected chi connectivity index (χ0v) is 24.2. The molecule has 1 aromatic heterocycles. The van der Waals surface area contributed by atoms with E-state index in [0.717, 1.165) is 30.6 Å². The van der Waals surface area contributed by atoms with Gasteiger partial charge in [0.05, 0.1) is 25.4 Å². The average Bonchev–Trinajstić information content (AvgIpc) is 3.45. The molecule has 1 aliphatic carbocycles. The van der Waals surface area contributed by atoms with E-state index in [1.807, 2.05) is 17.5 Å². The second-order valence-electron chi connectivity index (χ2n) is 11.0. The summed E-state index contributed by atoms with van der Waals surface area (Å²) >= 11 is 1.52. The van der Waals surface area contributed by atoms with Crippen LogP contribution in [-0.4, -0.2) is 103 Å².